The molecule has 0 saturated carbocycles. The number of aromatic nitrogens is 2. The number of hydrogen-bond donors (Lipinski definition) is 2. The lowest BCUT2D eigenvalue weighted by Gasteiger charge is -2.17. The average Bonchev–Trinajstić information content (AvgIpc) is 3.23. The van der Waals surface area contributed by atoms with Crippen LogP contribution in [-0.2, 0) is 41.7 Å². The van der Waals surface area contributed by atoms with E-state index in [4.69, 9.17) is 23.1 Å². The molecule has 0 amide bonds. The van der Waals surface area contributed by atoms with E-state index in [-0.39, 0.29) is 24.0 Å². The van der Waals surface area contributed by atoms with E-state index in [1.807, 2.05) is 61.7 Å². The number of nitrogens with two attached hydrogens (primary N) is 2. The highest BCUT2D eigenvalue weighted by Crippen LogP contribution is 2.27. The molecule has 2 heterocycles. The van der Waals surface area contributed by atoms with Crippen molar-refractivity contribution in [2.24, 2.45) is 27.1 Å². The van der Waals surface area contributed by atoms with Crippen molar-refractivity contribution in [1.29, 1.82) is 0 Å². The first kappa shape index (κ1) is 67.2. The Hall–Kier alpha value is -4.81. The molecule has 0 saturated heterocycles. The Morgan fingerprint density at radius 3 is 1.35 bits per heavy atom. The lowest BCUT2D eigenvalue weighted by atomic mass is 9.88. The van der Waals surface area contributed by atoms with Crippen LogP contribution in [0.2, 0.25) is 5.02 Å². The van der Waals surface area contributed by atoms with E-state index in [0.717, 1.165) is 40.4 Å². The van der Waals surface area contributed by atoms with Gasteiger partial charge in [-0.05, 0) is 138 Å². The average molecular weight is 1010 g/mol. The van der Waals surface area contributed by atoms with Gasteiger partial charge in [0, 0.05) is 43.8 Å². The number of pyridine rings is 2. The molecule has 400 valence electrons. The molecule has 6 nitrogen and oxygen atoms in total. The van der Waals surface area contributed by atoms with E-state index in [9.17, 15) is 9.59 Å². The highest BCUT2D eigenvalue weighted by molar-refractivity contribution is 6.31. The number of para-hydroxylation sites is 1. The topological polar surface area (TPSA) is 112 Å². The first-order valence-electron chi connectivity index (χ1n) is 26.1. The molecule has 4 N–H and O–H groups in total. The highest BCUT2D eigenvalue weighted by atomic mass is 35.5. The summed E-state index contributed by atoms with van der Waals surface area (Å²) in [5.74, 6) is 0.545. The summed E-state index contributed by atoms with van der Waals surface area (Å²) < 4.78 is 0. The molecule has 0 fully saturated rings. The predicted molar refractivity (Wildman–Crippen MR) is 316 cm³/mol. The van der Waals surface area contributed by atoms with Crippen LogP contribution >= 0.6 is 11.6 Å². The number of hydrogen-bond acceptors (Lipinski definition) is 6. The van der Waals surface area contributed by atoms with Gasteiger partial charge in [-0.15, -0.1) is 0 Å². The summed E-state index contributed by atoms with van der Waals surface area (Å²) in [5, 5.41) is 0.839. The minimum atomic E-state index is 0. The van der Waals surface area contributed by atoms with Crippen molar-refractivity contribution >= 4 is 34.5 Å². The van der Waals surface area contributed by atoms with Gasteiger partial charge in [0.15, 0.2) is 0 Å². The SMILES string of the molecule is C.CC(C)(C)CC(=O)Cc1ccccc1.CC(C)(C)CC(=O)Cc1ccncc1N.CC(C)(C)CCCc1ccccc1.CC(C)(C)CCCc1ccccc1N.Cc1nccc(CCCC(C)(C)C)c1Cl. The summed E-state index contributed by atoms with van der Waals surface area (Å²) in [6, 6.07) is 32.6. The first-order valence-corrected chi connectivity index (χ1v) is 26.4. The van der Waals surface area contributed by atoms with Gasteiger partial charge in [0.1, 0.15) is 11.6 Å². The Kier molecular flexibility index (Phi) is 30.9. The van der Waals surface area contributed by atoms with Crippen molar-refractivity contribution in [3.63, 3.8) is 0 Å². The van der Waals surface area contributed by atoms with Crippen LogP contribution in [-0.4, -0.2) is 21.5 Å². The van der Waals surface area contributed by atoms with Gasteiger partial charge in [0.2, 0.25) is 0 Å². The van der Waals surface area contributed by atoms with Crippen molar-refractivity contribution < 1.29 is 9.59 Å². The molecule has 5 rings (SSSR count). The van der Waals surface area contributed by atoms with Gasteiger partial charge < -0.3 is 11.5 Å². The van der Waals surface area contributed by atoms with Crippen molar-refractivity contribution in [3.05, 3.63) is 154 Å². The normalized spacial score (nSPS) is 11.4. The summed E-state index contributed by atoms with van der Waals surface area (Å²) in [5.41, 5.74) is 21.5. The lowest BCUT2D eigenvalue weighted by molar-refractivity contribution is -0.121. The molecule has 0 radical (unpaired) electrons. The first-order chi connectivity index (χ1) is 32.8. The van der Waals surface area contributed by atoms with Gasteiger partial charge in [0.25, 0.3) is 0 Å². The van der Waals surface area contributed by atoms with Crippen LogP contribution in [0, 0.1) is 34.0 Å². The maximum atomic E-state index is 11.7. The van der Waals surface area contributed by atoms with Crippen molar-refractivity contribution in [3.8, 4) is 0 Å². The molecule has 0 aliphatic carbocycles. The quantitative estimate of drug-likeness (QED) is 0.101. The molecule has 0 aliphatic heterocycles. The number of carbonyl (C=O) groups excluding carboxylic acids is 2. The molecule has 5 aromatic rings. The molecular weight excluding hydrogens is 904 g/mol. The summed E-state index contributed by atoms with van der Waals surface area (Å²) in [4.78, 5) is 31.4. The summed E-state index contributed by atoms with van der Waals surface area (Å²) in [7, 11) is 0. The van der Waals surface area contributed by atoms with Gasteiger partial charge in [-0.1, -0.05) is 202 Å². The predicted octanol–water partition coefficient (Wildman–Crippen LogP) is 18.2. The minimum Gasteiger partial charge on any atom is -0.399 e. The van der Waals surface area contributed by atoms with Gasteiger partial charge in [0.05, 0.1) is 22.6 Å². The zero-order valence-electron chi connectivity index (χ0n) is 47.4. The number of halogens is 1. The highest BCUT2D eigenvalue weighted by Gasteiger charge is 2.18. The Labute approximate surface area is 446 Å². The van der Waals surface area contributed by atoms with E-state index >= 15 is 0 Å². The zero-order valence-corrected chi connectivity index (χ0v) is 48.2. The number of benzene rings is 3. The molecule has 3 aromatic carbocycles. The van der Waals surface area contributed by atoms with Crippen LogP contribution in [0.1, 0.15) is 196 Å². The van der Waals surface area contributed by atoms with Gasteiger partial charge >= 0.3 is 0 Å². The van der Waals surface area contributed by atoms with Crippen LogP contribution in [0.15, 0.2) is 116 Å². The van der Waals surface area contributed by atoms with Crippen LogP contribution < -0.4 is 11.5 Å². The van der Waals surface area contributed by atoms with Gasteiger partial charge in [-0.25, -0.2) is 0 Å². The standard InChI is InChI=1S/C13H20ClN.C13H21N.C13H18O.C13H20.C12H18N2O.CH4/c1-10-12(14)11(7-9-15-10)6-5-8-13(2,3)4;1-13(2,3)10-6-8-11-7-4-5-9-12(11)14;1-13(2,3)10-12(14)9-11-7-5-4-6-8-11;1-13(2,3)11-7-10-12-8-5-4-6-9-12;1-12(2,3)7-10(15)6-9-4-5-14-8-11(9)13;/h7,9H,5-6,8H2,1-4H3;4-5,7,9H,6,8,10,14H2,1-3H3;4-8H,9-10H2,1-3H3;4-6,8-9H,7,10-11H2,1-3H3;4-5,8H,6-7,13H2,1-3H3;1H4. The fourth-order valence-corrected chi connectivity index (χ4v) is 7.79. The Morgan fingerprint density at radius 2 is 0.889 bits per heavy atom. The number of anilines is 2. The summed E-state index contributed by atoms with van der Waals surface area (Å²) >= 11 is 6.18. The number of Topliss-reactive ketones (excluding diaryl/α,β-unsaturated/α-hetero) is 2. The van der Waals surface area contributed by atoms with E-state index < -0.39 is 0 Å². The molecule has 0 aliphatic rings. The van der Waals surface area contributed by atoms with E-state index in [1.54, 1.807) is 18.5 Å². The molecule has 0 unspecified atom stereocenters. The van der Waals surface area contributed by atoms with E-state index in [1.165, 1.54) is 61.6 Å². The Morgan fingerprint density at radius 1 is 0.472 bits per heavy atom. The molecule has 0 bridgehead atoms. The fraction of sp³-hybridized carbons (Fsp3) is 0.538. The van der Waals surface area contributed by atoms with Crippen molar-refractivity contribution in [1.82, 2.24) is 9.97 Å². The molecule has 0 spiro atoms. The van der Waals surface area contributed by atoms with Crippen LogP contribution in [0.4, 0.5) is 11.4 Å². The van der Waals surface area contributed by atoms with Crippen LogP contribution in [0.5, 0.6) is 0 Å². The number of ketones is 2. The van der Waals surface area contributed by atoms with Crippen molar-refractivity contribution in [2.45, 2.75) is 202 Å². The third-order valence-corrected chi connectivity index (χ3v) is 11.7. The Bertz CT molecular complexity index is 2240. The third-order valence-electron chi connectivity index (χ3n) is 11.2. The van der Waals surface area contributed by atoms with Crippen molar-refractivity contribution in [2.75, 3.05) is 11.5 Å². The molecular formula is C65H101ClN4O2. The molecule has 2 aromatic heterocycles. The van der Waals surface area contributed by atoms with Crippen LogP contribution in [0.25, 0.3) is 0 Å². The molecule has 0 atom stereocenters. The van der Waals surface area contributed by atoms with Crippen LogP contribution in [0.3, 0.4) is 0 Å². The maximum absolute atomic E-state index is 11.7. The molecule has 72 heavy (non-hydrogen) atoms. The van der Waals surface area contributed by atoms with Gasteiger partial charge in [-0.2, -0.15) is 0 Å². The van der Waals surface area contributed by atoms with E-state index in [0.29, 0.717) is 53.4 Å². The number of nitrogen functional groups attached to an aromatic ring is 2. The summed E-state index contributed by atoms with van der Waals surface area (Å²) in [6.07, 6.45) is 18.2. The zero-order chi connectivity index (χ0) is 53.9. The fourth-order valence-electron chi connectivity index (χ4n) is 7.58. The molecule has 7 heteroatoms. The lowest BCUT2D eigenvalue weighted by Crippen LogP contribution is -2.15. The minimum absolute atomic E-state index is 0. The number of nitrogens with zero attached hydrogens (tertiary/aromatic N) is 2. The number of rotatable bonds is 15. The second kappa shape index (κ2) is 33.1. The Balaban J connectivity index is 0.000000873. The smallest absolute Gasteiger partial charge is 0.137 e. The maximum Gasteiger partial charge on any atom is 0.137 e. The summed E-state index contributed by atoms with van der Waals surface area (Å²) in [6.45, 7) is 35.0. The van der Waals surface area contributed by atoms with E-state index in [2.05, 4.69) is 156 Å². The number of aryl methyl sites for hydroxylation is 4. The van der Waals surface area contributed by atoms with Gasteiger partial charge in [-0.3, -0.25) is 19.6 Å². The number of carbonyl (C=O) groups is 2. The third kappa shape index (κ3) is 36.2. The second-order valence-corrected chi connectivity index (χ2v) is 25.6. The largest absolute Gasteiger partial charge is 0.399 e. The monoisotopic (exact) mass is 1000 g/mol. The second-order valence-electron chi connectivity index (χ2n) is 25.3.